The minimum Gasteiger partial charge on any atom is -0.399 e. The Balaban J connectivity index is 1.82. The fourth-order valence-corrected chi connectivity index (χ4v) is 2.31. The highest BCUT2D eigenvalue weighted by Crippen LogP contribution is 2.15. The average Bonchev–Trinajstić information content (AvgIpc) is 2.68. The van der Waals surface area contributed by atoms with Gasteiger partial charge in [0, 0.05) is 16.9 Å². The fraction of sp³-hybridized carbons (Fsp3) is 0. The van der Waals surface area contributed by atoms with Crippen molar-refractivity contribution in [3.05, 3.63) is 90.5 Å². The zero-order valence-corrected chi connectivity index (χ0v) is 13.9. The van der Waals surface area contributed by atoms with Crippen molar-refractivity contribution in [1.82, 2.24) is 5.43 Å². The Labute approximate surface area is 151 Å². The number of para-hydroxylation sites is 2. The van der Waals surface area contributed by atoms with E-state index in [9.17, 15) is 9.59 Å². The van der Waals surface area contributed by atoms with E-state index >= 15 is 0 Å². The van der Waals surface area contributed by atoms with Crippen molar-refractivity contribution in [2.45, 2.75) is 0 Å². The summed E-state index contributed by atoms with van der Waals surface area (Å²) in [6, 6.07) is 23.9. The maximum atomic E-state index is 12.7. The van der Waals surface area contributed by atoms with Crippen LogP contribution in [0.5, 0.6) is 0 Å². The van der Waals surface area contributed by atoms with Crippen LogP contribution in [0.4, 0.5) is 21.9 Å². The monoisotopic (exact) mass is 346 g/mol. The van der Waals surface area contributed by atoms with Crippen LogP contribution in [0.3, 0.4) is 0 Å². The molecule has 0 aliphatic rings. The third-order valence-electron chi connectivity index (χ3n) is 3.63. The number of benzene rings is 3. The molecule has 0 saturated carbocycles. The van der Waals surface area contributed by atoms with Crippen molar-refractivity contribution in [3.63, 3.8) is 0 Å². The number of carbonyl (C=O) groups excluding carboxylic acids is 2. The van der Waals surface area contributed by atoms with Crippen molar-refractivity contribution >= 4 is 29.0 Å². The highest BCUT2D eigenvalue weighted by molar-refractivity contribution is 6.05. The normalized spacial score (nSPS) is 10.0. The maximum Gasteiger partial charge on any atom is 0.345 e. The van der Waals surface area contributed by atoms with E-state index in [0.717, 1.165) is 0 Å². The third-order valence-corrected chi connectivity index (χ3v) is 3.63. The predicted molar refractivity (Wildman–Crippen MR) is 103 cm³/mol. The van der Waals surface area contributed by atoms with Gasteiger partial charge in [0.05, 0.1) is 5.69 Å². The molecule has 4 N–H and O–H groups in total. The molecule has 3 aromatic rings. The number of amides is 3. The first-order chi connectivity index (χ1) is 12.6. The molecule has 0 unspecified atom stereocenters. The SMILES string of the molecule is Nc1ccc(C(=O)NN(C(=O)Nc2ccccc2)c2ccccc2)cc1. The van der Waals surface area contributed by atoms with Gasteiger partial charge in [0.15, 0.2) is 0 Å². The number of hydrazine groups is 1. The molecular formula is C20H18N4O2. The van der Waals surface area contributed by atoms with Crippen LogP contribution >= 0.6 is 0 Å². The number of rotatable bonds is 3. The van der Waals surface area contributed by atoms with Crippen molar-refractivity contribution in [1.29, 1.82) is 0 Å². The maximum absolute atomic E-state index is 12.7. The second-order valence-corrected chi connectivity index (χ2v) is 5.53. The standard InChI is InChI=1S/C20H18N4O2/c21-16-13-11-15(12-14-16)19(25)23-24(18-9-5-2-6-10-18)20(26)22-17-7-3-1-4-8-17/h1-14H,21H2,(H,22,26)(H,23,25). The quantitative estimate of drug-likeness (QED) is 0.500. The Morgan fingerprint density at radius 1 is 0.769 bits per heavy atom. The summed E-state index contributed by atoms with van der Waals surface area (Å²) in [4.78, 5) is 25.2. The molecule has 0 aliphatic carbocycles. The molecule has 0 saturated heterocycles. The van der Waals surface area contributed by atoms with Crippen LogP contribution in [0.15, 0.2) is 84.9 Å². The highest BCUT2D eigenvalue weighted by Gasteiger charge is 2.19. The lowest BCUT2D eigenvalue weighted by Gasteiger charge is -2.23. The molecule has 0 bridgehead atoms. The third kappa shape index (κ3) is 4.18. The number of nitrogens with zero attached hydrogens (tertiary/aromatic N) is 1. The van der Waals surface area contributed by atoms with Gasteiger partial charge < -0.3 is 11.1 Å². The van der Waals surface area contributed by atoms with Crippen molar-refractivity contribution < 1.29 is 9.59 Å². The van der Waals surface area contributed by atoms with Crippen molar-refractivity contribution in [3.8, 4) is 0 Å². The molecule has 0 heterocycles. The lowest BCUT2D eigenvalue weighted by atomic mass is 10.2. The van der Waals surface area contributed by atoms with E-state index in [0.29, 0.717) is 22.6 Å². The van der Waals surface area contributed by atoms with Gasteiger partial charge in [0.1, 0.15) is 0 Å². The molecule has 0 radical (unpaired) electrons. The minimum atomic E-state index is -0.480. The number of nitrogens with one attached hydrogen (secondary N) is 2. The number of nitrogens with two attached hydrogens (primary N) is 1. The second kappa shape index (κ2) is 7.85. The van der Waals surface area contributed by atoms with Crippen LogP contribution in [0, 0.1) is 0 Å². The summed E-state index contributed by atoms with van der Waals surface area (Å²) in [6.07, 6.45) is 0. The zero-order valence-electron chi connectivity index (χ0n) is 13.9. The predicted octanol–water partition coefficient (Wildman–Crippen LogP) is 3.65. The number of hydrogen-bond donors (Lipinski definition) is 3. The van der Waals surface area contributed by atoms with Gasteiger partial charge in [-0.25, -0.2) is 9.80 Å². The molecule has 3 aromatic carbocycles. The number of anilines is 3. The summed E-state index contributed by atoms with van der Waals surface area (Å²) in [7, 11) is 0. The van der Waals surface area contributed by atoms with Gasteiger partial charge in [0.25, 0.3) is 5.91 Å². The molecule has 26 heavy (non-hydrogen) atoms. The van der Waals surface area contributed by atoms with Crippen LogP contribution in [-0.2, 0) is 0 Å². The van der Waals surface area contributed by atoms with E-state index in [1.807, 2.05) is 24.3 Å². The molecule has 3 amide bonds. The van der Waals surface area contributed by atoms with E-state index < -0.39 is 11.9 Å². The molecule has 6 nitrogen and oxygen atoms in total. The second-order valence-electron chi connectivity index (χ2n) is 5.53. The van der Waals surface area contributed by atoms with E-state index in [1.54, 1.807) is 60.7 Å². The Morgan fingerprint density at radius 3 is 1.96 bits per heavy atom. The van der Waals surface area contributed by atoms with Gasteiger partial charge in [-0.1, -0.05) is 36.4 Å². The highest BCUT2D eigenvalue weighted by atomic mass is 16.2. The smallest absolute Gasteiger partial charge is 0.345 e. The van der Waals surface area contributed by atoms with Crippen LogP contribution in [0.2, 0.25) is 0 Å². The first-order valence-corrected chi connectivity index (χ1v) is 8.01. The van der Waals surface area contributed by atoms with Gasteiger partial charge >= 0.3 is 6.03 Å². The summed E-state index contributed by atoms with van der Waals surface area (Å²) in [5, 5.41) is 3.93. The van der Waals surface area contributed by atoms with Crippen LogP contribution in [0.1, 0.15) is 10.4 Å². The molecule has 0 aliphatic heterocycles. The van der Waals surface area contributed by atoms with E-state index in [1.165, 1.54) is 5.01 Å². The Kier molecular flexibility index (Phi) is 5.14. The van der Waals surface area contributed by atoms with E-state index in [4.69, 9.17) is 5.73 Å². The molecule has 0 aromatic heterocycles. The molecule has 0 fully saturated rings. The van der Waals surface area contributed by atoms with E-state index in [2.05, 4.69) is 10.7 Å². The Hall–Kier alpha value is -3.80. The molecule has 6 heteroatoms. The van der Waals surface area contributed by atoms with Gasteiger partial charge in [-0.3, -0.25) is 10.2 Å². The topological polar surface area (TPSA) is 87.5 Å². The Morgan fingerprint density at radius 2 is 1.35 bits per heavy atom. The summed E-state index contributed by atoms with van der Waals surface area (Å²) in [6.45, 7) is 0. The van der Waals surface area contributed by atoms with Crippen molar-refractivity contribution in [2.75, 3.05) is 16.1 Å². The molecule has 3 rings (SSSR count). The molecule has 130 valence electrons. The first-order valence-electron chi connectivity index (χ1n) is 8.01. The molecule has 0 atom stereocenters. The van der Waals surface area contributed by atoms with Gasteiger partial charge in [0.2, 0.25) is 0 Å². The number of urea groups is 1. The fourth-order valence-electron chi connectivity index (χ4n) is 2.31. The first kappa shape index (κ1) is 17.0. The number of carbonyl (C=O) groups is 2. The van der Waals surface area contributed by atoms with Gasteiger partial charge in [-0.15, -0.1) is 0 Å². The average molecular weight is 346 g/mol. The molecule has 0 spiro atoms. The number of hydrogen-bond acceptors (Lipinski definition) is 3. The lowest BCUT2D eigenvalue weighted by Crippen LogP contribution is -2.48. The molecular weight excluding hydrogens is 328 g/mol. The number of nitrogen functional groups attached to an aromatic ring is 1. The van der Waals surface area contributed by atoms with Gasteiger partial charge in [-0.2, -0.15) is 0 Å². The summed E-state index contributed by atoms with van der Waals surface area (Å²) in [5.41, 5.74) is 10.4. The zero-order chi connectivity index (χ0) is 18.4. The van der Waals surface area contributed by atoms with Crippen LogP contribution in [-0.4, -0.2) is 11.9 Å². The van der Waals surface area contributed by atoms with Crippen molar-refractivity contribution in [2.24, 2.45) is 0 Å². The Bertz CT molecular complexity index is 881. The van der Waals surface area contributed by atoms with Crippen LogP contribution < -0.4 is 21.5 Å². The largest absolute Gasteiger partial charge is 0.399 e. The van der Waals surface area contributed by atoms with Crippen LogP contribution in [0.25, 0.3) is 0 Å². The van der Waals surface area contributed by atoms with Gasteiger partial charge in [-0.05, 0) is 48.5 Å². The minimum absolute atomic E-state index is 0.396. The summed E-state index contributed by atoms with van der Waals surface area (Å²) < 4.78 is 0. The summed E-state index contributed by atoms with van der Waals surface area (Å²) >= 11 is 0. The lowest BCUT2D eigenvalue weighted by molar-refractivity contribution is 0.0951. The van der Waals surface area contributed by atoms with E-state index in [-0.39, 0.29) is 0 Å². The summed E-state index contributed by atoms with van der Waals surface area (Å²) in [5.74, 6) is -0.419.